The number of amides is 1. The molecular weight excluding hydrogens is 228 g/mol. The zero-order valence-electron chi connectivity index (χ0n) is 11.4. The number of hydrogen-bond donors (Lipinski definition) is 3. The molecule has 0 bridgehead atoms. The predicted octanol–water partition coefficient (Wildman–Crippen LogP) is 1.19. The van der Waals surface area contributed by atoms with Crippen molar-refractivity contribution < 1.29 is 9.90 Å². The largest absolute Gasteiger partial charge is 0.394 e. The van der Waals surface area contributed by atoms with Crippen molar-refractivity contribution in [3.63, 3.8) is 0 Å². The number of carbonyl (C=O) groups excluding carboxylic acids is 1. The standard InChI is InChI=1S/C14H26N2O2/c1-11-5-4-7-14(9-11,10-17)16-12-6-2-3-8-15-13(12)18/h11-12,16-17H,2-10H2,1H3,(H,15,18). The van der Waals surface area contributed by atoms with Crippen LogP contribution in [0.2, 0.25) is 0 Å². The Labute approximate surface area is 110 Å². The lowest BCUT2D eigenvalue weighted by atomic mass is 9.76. The first-order valence-corrected chi connectivity index (χ1v) is 7.31. The highest BCUT2D eigenvalue weighted by molar-refractivity contribution is 5.82. The third-order valence-corrected chi connectivity index (χ3v) is 4.41. The molecule has 18 heavy (non-hydrogen) atoms. The van der Waals surface area contributed by atoms with Gasteiger partial charge in [0.05, 0.1) is 12.6 Å². The molecule has 1 aliphatic heterocycles. The second-order valence-corrected chi connectivity index (χ2v) is 6.12. The van der Waals surface area contributed by atoms with Gasteiger partial charge in [0.2, 0.25) is 5.91 Å². The maximum Gasteiger partial charge on any atom is 0.237 e. The molecule has 0 aromatic rings. The van der Waals surface area contributed by atoms with Crippen LogP contribution in [0.25, 0.3) is 0 Å². The molecule has 1 heterocycles. The number of rotatable bonds is 3. The number of carbonyl (C=O) groups is 1. The molecule has 0 aromatic heterocycles. The number of hydrogen-bond acceptors (Lipinski definition) is 3. The summed E-state index contributed by atoms with van der Waals surface area (Å²) in [6.07, 6.45) is 7.37. The molecule has 1 amide bonds. The van der Waals surface area contributed by atoms with Crippen molar-refractivity contribution in [2.45, 2.75) is 63.5 Å². The smallest absolute Gasteiger partial charge is 0.237 e. The number of nitrogens with one attached hydrogen (secondary N) is 2. The summed E-state index contributed by atoms with van der Waals surface area (Å²) in [6.45, 7) is 3.17. The van der Waals surface area contributed by atoms with Gasteiger partial charge >= 0.3 is 0 Å². The van der Waals surface area contributed by atoms with E-state index < -0.39 is 0 Å². The first-order chi connectivity index (χ1) is 8.65. The molecule has 0 aromatic carbocycles. The Morgan fingerprint density at radius 2 is 2.22 bits per heavy atom. The molecule has 2 aliphatic rings. The quantitative estimate of drug-likeness (QED) is 0.709. The van der Waals surface area contributed by atoms with E-state index in [1.54, 1.807) is 0 Å². The summed E-state index contributed by atoms with van der Waals surface area (Å²) in [5, 5.41) is 16.2. The molecule has 1 aliphatic carbocycles. The van der Waals surface area contributed by atoms with Gasteiger partial charge in [0.25, 0.3) is 0 Å². The lowest BCUT2D eigenvalue weighted by Gasteiger charge is -2.41. The van der Waals surface area contributed by atoms with Crippen molar-refractivity contribution in [1.82, 2.24) is 10.6 Å². The molecule has 3 unspecified atom stereocenters. The first-order valence-electron chi connectivity index (χ1n) is 7.31. The van der Waals surface area contributed by atoms with Gasteiger partial charge in [0.15, 0.2) is 0 Å². The van der Waals surface area contributed by atoms with Gasteiger partial charge in [-0.25, -0.2) is 0 Å². The van der Waals surface area contributed by atoms with Crippen LogP contribution in [0.1, 0.15) is 51.9 Å². The molecule has 4 nitrogen and oxygen atoms in total. The third kappa shape index (κ3) is 3.23. The van der Waals surface area contributed by atoms with E-state index in [-0.39, 0.29) is 24.1 Å². The minimum atomic E-state index is -0.232. The minimum Gasteiger partial charge on any atom is -0.394 e. The van der Waals surface area contributed by atoms with Crippen LogP contribution in [0, 0.1) is 5.92 Å². The summed E-state index contributed by atoms with van der Waals surface area (Å²) in [6, 6.07) is -0.120. The minimum absolute atomic E-state index is 0.110. The fourth-order valence-corrected chi connectivity index (χ4v) is 3.43. The Balaban J connectivity index is 2.01. The normalized spacial score (nSPS) is 38.0. The zero-order chi connectivity index (χ0) is 13.0. The van der Waals surface area contributed by atoms with Crippen LogP contribution in [0.3, 0.4) is 0 Å². The molecule has 4 heteroatoms. The molecular formula is C14H26N2O2. The molecule has 1 saturated carbocycles. The van der Waals surface area contributed by atoms with Crippen LogP contribution in [0.15, 0.2) is 0 Å². The summed E-state index contributed by atoms with van der Waals surface area (Å²) in [4.78, 5) is 12.0. The van der Waals surface area contributed by atoms with Gasteiger partial charge in [-0.3, -0.25) is 10.1 Å². The highest BCUT2D eigenvalue weighted by Gasteiger charge is 2.37. The van der Waals surface area contributed by atoms with Crippen LogP contribution in [0.5, 0.6) is 0 Å². The topological polar surface area (TPSA) is 61.4 Å². The van der Waals surface area contributed by atoms with Crippen LogP contribution in [-0.2, 0) is 4.79 Å². The van der Waals surface area contributed by atoms with E-state index in [0.29, 0.717) is 5.92 Å². The SMILES string of the molecule is CC1CCCC(CO)(NC2CCCCNC2=O)C1. The van der Waals surface area contributed by atoms with Crippen molar-refractivity contribution >= 4 is 5.91 Å². The second kappa shape index (κ2) is 6.02. The molecule has 0 radical (unpaired) electrons. The fraction of sp³-hybridized carbons (Fsp3) is 0.929. The van der Waals surface area contributed by atoms with Gasteiger partial charge in [0.1, 0.15) is 0 Å². The number of aliphatic hydroxyl groups excluding tert-OH is 1. The first kappa shape index (κ1) is 13.8. The average Bonchev–Trinajstić information content (AvgIpc) is 2.55. The van der Waals surface area contributed by atoms with Crippen LogP contribution < -0.4 is 10.6 Å². The lowest BCUT2D eigenvalue weighted by Crippen LogP contribution is -2.58. The molecule has 1 saturated heterocycles. The van der Waals surface area contributed by atoms with Crippen LogP contribution in [0.4, 0.5) is 0 Å². The molecule has 3 atom stereocenters. The summed E-state index contributed by atoms with van der Waals surface area (Å²) in [5.74, 6) is 0.741. The highest BCUT2D eigenvalue weighted by Crippen LogP contribution is 2.32. The van der Waals surface area contributed by atoms with Crippen molar-refractivity contribution in [3.05, 3.63) is 0 Å². The summed E-state index contributed by atoms with van der Waals surface area (Å²) >= 11 is 0. The van der Waals surface area contributed by atoms with Crippen LogP contribution in [-0.4, -0.2) is 35.7 Å². The average molecular weight is 254 g/mol. The van der Waals surface area contributed by atoms with E-state index in [1.165, 1.54) is 6.42 Å². The van der Waals surface area contributed by atoms with Crippen molar-refractivity contribution in [2.24, 2.45) is 5.92 Å². The van der Waals surface area contributed by atoms with E-state index in [9.17, 15) is 9.90 Å². The van der Waals surface area contributed by atoms with E-state index in [0.717, 1.165) is 45.1 Å². The molecule has 2 fully saturated rings. The lowest BCUT2D eigenvalue weighted by molar-refractivity contribution is -0.123. The molecule has 104 valence electrons. The van der Waals surface area contributed by atoms with Crippen molar-refractivity contribution in [2.75, 3.05) is 13.2 Å². The van der Waals surface area contributed by atoms with Gasteiger partial charge < -0.3 is 10.4 Å². The maximum absolute atomic E-state index is 12.0. The van der Waals surface area contributed by atoms with Crippen molar-refractivity contribution in [1.29, 1.82) is 0 Å². The Hall–Kier alpha value is -0.610. The van der Waals surface area contributed by atoms with E-state index in [4.69, 9.17) is 0 Å². The monoisotopic (exact) mass is 254 g/mol. The van der Waals surface area contributed by atoms with E-state index in [2.05, 4.69) is 17.6 Å². The molecule has 0 spiro atoms. The molecule has 3 N–H and O–H groups in total. The fourth-order valence-electron chi connectivity index (χ4n) is 3.43. The Bertz CT molecular complexity index is 296. The highest BCUT2D eigenvalue weighted by atomic mass is 16.3. The van der Waals surface area contributed by atoms with Crippen LogP contribution >= 0.6 is 0 Å². The Morgan fingerprint density at radius 3 is 2.94 bits per heavy atom. The second-order valence-electron chi connectivity index (χ2n) is 6.12. The van der Waals surface area contributed by atoms with Gasteiger partial charge in [-0.05, 0) is 38.0 Å². The number of aliphatic hydroxyl groups is 1. The molecule has 2 rings (SSSR count). The summed E-state index contributed by atoms with van der Waals surface area (Å²) in [7, 11) is 0. The van der Waals surface area contributed by atoms with Crippen molar-refractivity contribution in [3.8, 4) is 0 Å². The zero-order valence-corrected chi connectivity index (χ0v) is 11.4. The van der Waals surface area contributed by atoms with Gasteiger partial charge in [0, 0.05) is 12.1 Å². The van der Waals surface area contributed by atoms with E-state index in [1.807, 2.05) is 0 Å². The Morgan fingerprint density at radius 1 is 1.39 bits per heavy atom. The van der Waals surface area contributed by atoms with Gasteiger partial charge in [-0.1, -0.05) is 19.8 Å². The third-order valence-electron chi connectivity index (χ3n) is 4.41. The Kier molecular flexibility index (Phi) is 4.62. The summed E-state index contributed by atoms with van der Waals surface area (Å²) < 4.78 is 0. The summed E-state index contributed by atoms with van der Waals surface area (Å²) in [5.41, 5.74) is -0.232. The van der Waals surface area contributed by atoms with Gasteiger partial charge in [-0.15, -0.1) is 0 Å². The predicted molar refractivity (Wildman–Crippen MR) is 71.2 cm³/mol. The van der Waals surface area contributed by atoms with Gasteiger partial charge in [-0.2, -0.15) is 0 Å². The maximum atomic E-state index is 12.0. The van der Waals surface area contributed by atoms with E-state index >= 15 is 0 Å².